The lowest BCUT2D eigenvalue weighted by Crippen LogP contribution is -2.48. The molecule has 0 bridgehead atoms. The van der Waals surface area contributed by atoms with Gasteiger partial charge in [-0.15, -0.1) is 5.10 Å². The number of piperazine rings is 1. The van der Waals surface area contributed by atoms with Gasteiger partial charge in [-0.3, -0.25) is 4.90 Å². The minimum absolute atomic E-state index is 0.0866. The van der Waals surface area contributed by atoms with Crippen molar-refractivity contribution in [3.8, 4) is 5.88 Å². The number of aryl methyl sites for hydroxylation is 1. The number of nitrogens with zero attached hydrogens (tertiary/aromatic N) is 5. The highest BCUT2D eigenvalue weighted by molar-refractivity contribution is 7.17. The Hall–Kier alpha value is -2.91. The fraction of sp³-hybridized carbons (Fsp3) is 0.300. The maximum absolute atomic E-state index is 14.2. The second-order valence-electron chi connectivity index (χ2n) is 7.04. The smallest absolute Gasteiger partial charge is 0.230 e. The van der Waals surface area contributed by atoms with Gasteiger partial charge in [-0.2, -0.15) is 4.52 Å². The summed E-state index contributed by atoms with van der Waals surface area (Å²) in [7, 11) is 0. The Morgan fingerprint density at radius 1 is 1.14 bits per heavy atom. The van der Waals surface area contributed by atoms with Crippen LogP contribution < -0.4 is 4.90 Å². The standard InChI is InChI=1S/C20H20FN5O2S/c1-13-22-20-26(23-13)19(27)18(29-20)17(16-7-4-12-28-16)25-10-8-24(9-11-25)15-6-3-2-5-14(15)21/h2-7,12,17,27H,8-11H2,1H3/t17-/m0/s1. The number of anilines is 1. The lowest BCUT2D eigenvalue weighted by molar-refractivity contribution is 0.190. The van der Waals surface area contributed by atoms with E-state index in [9.17, 15) is 9.50 Å². The fourth-order valence-corrected chi connectivity index (χ4v) is 5.02. The molecule has 0 amide bonds. The number of fused-ring (bicyclic) bond motifs is 1. The molecule has 1 aliphatic heterocycles. The summed E-state index contributed by atoms with van der Waals surface area (Å²) in [5.74, 6) is 1.25. The average Bonchev–Trinajstić information content (AvgIpc) is 3.43. The largest absolute Gasteiger partial charge is 0.492 e. The van der Waals surface area contributed by atoms with Crippen molar-refractivity contribution in [2.75, 3.05) is 31.1 Å². The number of hydrogen-bond acceptors (Lipinski definition) is 7. The molecule has 1 atom stereocenters. The van der Waals surface area contributed by atoms with Crippen LogP contribution in [0.15, 0.2) is 47.1 Å². The van der Waals surface area contributed by atoms with Gasteiger partial charge in [0.25, 0.3) is 0 Å². The lowest BCUT2D eigenvalue weighted by atomic mass is 10.1. The van der Waals surface area contributed by atoms with E-state index in [4.69, 9.17) is 4.42 Å². The van der Waals surface area contributed by atoms with Gasteiger partial charge >= 0.3 is 0 Å². The lowest BCUT2D eigenvalue weighted by Gasteiger charge is -2.39. The molecule has 7 nitrogen and oxygen atoms in total. The normalized spacial score (nSPS) is 16.6. The SMILES string of the molecule is Cc1nc2sc([C@H](c3ccco3)N3CCN(c4ccccc4F)CC3)c(O)n2n1. The minimum atomic E-state index is -0.249. The Morgan fingerprint density at radius 2 is 1.93 bits per heavy atom. The third kappa shape index (κ3) is 3.16. The molecule has 29 heavy (non-hydrogen) atoms. The van der Waals surface area contributed by atoms with Crippen LogP contribution in [0.4, 0.5) is 10.1 Å². The first kappa shape index (κ1) is 18.1. The highest BCUT2D eigenvalue weighted by Crippen LogP contribution is 2.40. The summed E-state index contributed by atoms with van der Waals surface area (Å²) >= 11 is 1.41. The Labute approximate surface area is 170 Å². The van der Waals surface area contributed by atoms with E-state index in [1.165, 1.54) is 21.9 Å². The van der Waals surface area contributed by atoms with Gasteiger partial charge in [-0.05, 0) is 31.2 Å². The van der Waals surface area contributed by atoms with Gasteiger partial charge in [0.05, 0.1) is 16.8 Å². The molecule has 0 spiro atoms. The summed E-state index contributed by atoms with van der Waals surface area (Å²) in [5, 5.41) is 15.1. The van der Waals surface area contributed by atoms with E-state index in [1.54, 1.807) is 19.3 Å². The Morgan fingerprint density at radius 3 is 2.62 bits per heavy atom. The Kier molecular flexibility index (Phi) is 4.48. The van der Waals surface area contributed by atoms with Crippen LogP contribution in [-0.4, -0.2) is 50.8 Å². The number of rotatable bonds is 4. The fourth-order valence-electron chi connectivity index (χ4n) is 3.88. The number of hydrogen-bond donors (Lipinski definition) is 1. The van der Waals surface area contributed by atoms with Crippen LogP contribution in [-0.2, 0) is 0 Å². The molecular weight excluding hydrogens is 393 g/mol. The van der Waals surface area contributed by atoms with Crippen molar-refractivity contribution in [3.05, 3.63) is 64.9 Å². The van der Waals surface area contributed by atoms with Crippen LogP contribution in [0.2, 0.25) is 0 Å². The van der Waals surface area contributed by atoms with Gasteiger partial charge in [0.1, 0.15) is 23.4 Å². The highest BCUT2D eigenvalue weighted by Gasteiger charge is 2.33. The third-order valence-corrected chi connectivity index (χ3v) is 6.31. The molecule has 1 aliphatic rings. The van der Waals surface area contributed by atoms with Crippen LogP contribution in [0.3, 0.4) is 0 Å². The summed E-state index contributed by atoms with van der Waals surface area (Å²) in [6, 6.07) is 10.4. The van der Waals surface area contributed by atoms with E-state index in [0.717, 1.165) is 10.6 Å². The van der Waals surface area contributed by atoms with Gasteiger partial charge in [0.2, 0.25) is 10.8 Å². The summed E-state index contributed by atoms with van der Waals surface area (Å²) in [6.45, 7) is 4.56. The van der Waals surface area contributed by atoms with Crippen molar-refractivity contribution in [3.63, 3.8) is 0 Å². The molecule has 0 aliphatic carbocycles. The van der Waals surface area contributed by atoms with Crippen molar-refractivity contribution >= 4 is 22.0 Å². The molecule has 1 fully saturated rings. The zero-order chi connectivity index (χ0) is 20.0. The quantitative estimate of drug-likeness (QED) is 0.553. The monoisotopic (exact) mass is 413 g/mol. The first-order chi connectivity index (χ1) is 14.1. The van der Waals surface area contributed by atoms with Crippen molar-refractivity contribution in [1.82, 2.24) is 19.5 Å². The summed E-state index contributed by atoms with van der Waals surface area (Å²) in [5.41, 5.74) is 0.624. The molecule has 1 N–H and O–H groups in total. The Balaban J connectivity index is 1.45. The Bertz CT molecular complexity index is 1130. The first-order valence-corrected chi connectivity index (χ1v) is 10.3. The number of benzene rings is 1. The van der Waals surface area contributed by atoms with Gasteiger partial charge in [0.15, 0.2) is 0 Å². The van der Waals surface area contributed by atoms with Crippen LogP contribution >= 0.6 is 11.3 Å². The summed E-state index contributed by atoms with van der Waals surface area (Å²) in [6.07, 6.45) is 1.64. The van der Waals surface area contributed by atoms with Crippen LogP contribution in [0.25, 0.3) is 4.96 Å². The molecule has 9 heteroatoms. The van der Waals surface area contributed by atoms with E-state index in [1.807, 2.05) is 24.3 Å². The highest BCUT2D eigenvalue weighted by atomic mass is 32.1. The molecular formula is C20H20FN5O2S. The molecule has 1 aromatic carbocycles. The van der Waals surface area contributed by atoms with Crippen molar-refractivity contribution < 1.29 is 13.9 Å². The topological polar surface area (TPSA) is 70.0 Å². The van der Waals surface area contributed by atoms with E-state index < -0.39 is 0 Å². The maximum atomic E-state index is 14.2. The van der Waals surface area contributed by atoms with Gasteiger partial charge in [-0.25, -0.2) is 9.37 Å². The number of thiazole rings is 1. The van der Waals surface area contributed by atoms with E-state index in [0.29, 0.717) is 42.7 Å². The molecule has 4 aromatic rings. The third-order valence-electron chi connectivity index (χ3n) is 5.24. The van der Waals surface area contributed by atoms with Gasteiger partial charge < -0.3 is 14.4 Å². The predicted molar refractivity (Wildman–Crippen MR) is 108 cm³/mol. The second-order valence-corrected chi connectivity index (χ2v) is 8.04. The molecule has 0 radical (unpaired) electrons. The number of furan rings is 1. The minimum Gasteiger partial charge on any atom is -0.492 e. The zero-order valence-corrected chi connectivity index (χ0v) is 16.6. The zero-order valence-electron chi connectivity index (χ0n) is 15.8. The number of halogens is 1. The number of aromatic hydroxyl groups is 1. The first-order valence-electron chi connectivity index (χ1n) is 9.44. The van der Waals surface area contributed by atoms with Crippen molar-refractivity contribution in [1.29, 1.82) is 0 Å². The van der Waals surface area contributed by atoms with E-state index >= 15 is 0 Å². The number of para-hydroxylation sites is 1. The van der Waals surface area contributed by atoms with E-state index in [2.05, 4.69) is 19.9 Å². The van der Waals surface area contributed by atoms with Crippen LogP contribution in [0, 0.1) is 12.7 Å². The average molecular weight is 413 g/mol. The van der Waals surface area contributed by atoms with Crippen molar-refractivity contribution in [2.24, 2.45) is 0 Å². The predicted octanol–water partition coefficient (Wildman–Crippen LogP) is 3.45. The maximum Gasteiger partial charge on any atom is 0.230 e. The van der Waals surface area contributed by atoms with Gasteiger partial charge in [0, 0.05) is 26.2 Å². The molecule has 0 unspecified atom stereocenters. The molecule has 4 heterocycles. The molecule has 3 aromatic heterocycles. The summed E-state index contributed by atoms with van der Waals surface area (Å²) in [4.78, 5) is 10.1. The van der Waals surface area contributed by atoms with Crippen molar-refractivity contribution in [2.45, 2.75) is 13.0 Å². The number of aromatic nitrogens is 3. The van der Waals surface area contributed by atoms with Gasteiger partial charge in [-0.1, -0.05) is 23.5 Å². The molecule has 150 valence electrons. The van der Waals surface area contributed by atoms with Crippen LogP contribution in [0.1, 0.15) is 22.5 Å². The molecule has 0 saturated carbocycles. The molecule has 5 rings (SSSR count). The van der Waals surface area contributed by atoms with Crippen LogP contribution in [0.5, 0.6) is 5.88 Å². The van der Waals surface area contributed by atoms with E-state index in [-0.39, 0.29) is 17.7 Å². The summed E-state index contributed by atoms with van der Waals surface area (Å²) < 4.78 is 21.4. The second kappa shape index (κ2) is 7.16. The molecule has 1 saturated heterocycles.